The summed E-state index contributed by atoms with van der Waals surface area (Å²) in [4.78, 5) is 12.4. The number of carbonyl (C=O) groups excluding carboxylic acids is 1. The number of ketones is 1. The number of fused-ring (bicyclic) bond motifs is 1. The summed E-state index contributed by atoms with van der Waals surface area (Å²) >= 11 is 0. The zero-order chi connectivity index (χ0) is 11.8. The van der Waals surface area contributed by atoms with Crippen molar-refractivity contribution in [1.82, 2.24) is 0 Å². The third-order valence-electron chi connectivity index (χ3n) is 4.02. The summed E-state index contributed by atoms with van der Waals surface area (Å²) < 4.78 is 13.2. The minimum Gasteiger partial charge on any atom is -0.294 e. The lowest BCUT2D eigenvalue weighted by Gasteiger charge is -2.35. The molecule has 2 rings (SSSR count). The van der Waals surface area contributed by atoms with Gasteiger partial charge in [0.15, 0.2) is 5.78 Å². The predicted molar refractivity (Wildman–Crippen MR) is 62.1 cm³/mol. The van der Waals surface area contributed by atoms with Crippen LogP contribution in [-0.2, 0) is 6.42 Å². The monoisotopic (exact) mass is 220 g/mol. The number of carbonyl (C=O) groups is 1. The standard InChI is InChI=1S/C14H17FO/c1-3-14(4-2)8-7-10-5-6-11(15)9-12(10)13(14)16/h5-6,9H,3-4,7-8H2,1-2H3. The van der Waals surface area contributed by atoms with Gasteiger partial charge >= 0.3 is 0 Å². The molecular formula is C14H17FO. The highest BCUT2D eigenvalue weighted by atomic mass is 19.1. The van der Waals surface area contributed by atoms with Crippen molar-refractivity contribution in [3.8, 4) is 0 Å². The summed E-state index contributed by atoms with van der Waals surface area (Å²) in [6.45, 7) is 4.09. The zero-order valence-electron chi connectivity index (χ0n) is 9.85. The molecule has 2 heteroatoms. The topological polar surface area (TPSA) is 17.1 Å². The van der Waals surface area contributed by atoms with Crippen LogP contribution in [-0.4, -0.2) is 5.78 Å². The van der Waals surface area contributed by atoms with Gasteiger partial charge in [-0.25, -0.2) is 4.39 Å². The Morgan fingerprint density at radius 2 is 2.00 bits per heavy atom. The van der Waals surface area contributed by atoms with E-state index in [1.54, 1.807) is 6.07 Å². The fourth-order valence-corrected chi connectivity index (χ4v) is 2.68. The van der Waals surface area contributed by atoms with Crippen molar-refractivity contribution in [3.05, 3.63) is 35.1 Å². The lowest BCUT2D eigenvalue weighted by Crippen LogP contribution is -2.35. The molecule has 0 aliphatic heterocycles. The Morgan fingerprint density at radius 3 is 2.62 bits per heavy atom. The fourth-order valence-electron chi connectivity index (χ4n) is 2.68. The van der Waals surface area contributed by atoms with Crippen LogP contribution in [0.25, 0.3) is 0 Å². The van der Waals surface area contributed by atoms with Crippen LogP contribution in [0, 0.1) is 11.2 Å². The van der Waals surface area contributed by atoms with Crippen LogP contribution in [0.15, 0.2) is 18.2 Å². The number of halogens is 1. The zero-order valence-corrected chi connectivity index (χ0v) is 9.85. The van der Waals surface area contributed by atoms with E-state index in [0.717, 1.165) is 31.2 Å². The van der Waals surface area contributed by atoms with Gasteiger partial charge < -0.3 is 0 Å². The average Bonchev–Trinajstić information content (AvgIpc) is 2.31. The molecule has 86 valence electrons. The van der Waals surface area contributed by atoms with Crippen LogP contribution < -0.4 is 0 Å². The second-order valence-electron chi connectivity index (χ2n) is 4.62. The quantitative estimate of drug-likeness (QED) is 0.741. The largest absolute Gasteiger partial charge is 0.294 e. The Kier molecular flexibility index (Phi) is 2.83. The number of aryl methyl sites for hydroxylation is 1. The Bertz CT molecular complexity index is 419. The van der Waals surface area contributed by atoms with E-state index < -0.39 is 0 Å². The first-order valence-electron chi connectivity index (χ1n) is 5.96. The summed E-state index contributed by atoms with van der Waals surface area (Å²) in [5, 5.41) is 0. The molecule has 16 heavy (non-hydrogen) atoms. The normalized spacial score (nSPS) is 18.3. The molecule has 0 saturated carbocycles. The van der Waals surface area contributed by atoms with Gasteiger partial charge in [-0.05, 0) is 43.4 Å². The van der Waals surface area contributed by atoms with Crippen molar-refractivity contribution in [2.45, 2.75) is 39.5 Å². The van der Waals surface area contributed by atoms with Crippen molar-refractivity contribution in [2.75, 3.05) is 0 Å². The van der Waals surface area contributed by atoms with Gasteiger partial charge in [-0.15, -0.1) is 0 Å². The molecule has 0 saturated heterocycles. The number of hydrogen-bond donors (Lipinski definition) is 0. The van der Waals surface area contributed by atoms with Crippen LogP contribution in [0.3, 0.4) is 0 Å². The van der Waals surface area contributed by atoms with Crippen molar-refractivity contribution in [1.29, 1.82) is 0 Å². The van der Waals surface area contributed by atoms with Crippen molar-refractivity contribution >= 4 is 5.78 Å². The number of Topliss-reactive ketones (excluding diaryl/α,β-unsaturated/α-hetero) is 1. The first-order valence-corrected chi connectivity index (χ1v) is 5.96. The van der Waals surface area contributed by atoms with E-state index >= 15 is 0 Å². The summed E-state index contributed by atoms with van der Waals surface area (Å²) in [5.74, 6) is -0.173. The lowest BCUT2D eigenvalue weighted by atomic mass is 9.67. The first-order chi connectivity index (χ1) is 7.63. The molecule has 0 spiro atoms. The van der Waals surface area contributed by atoms with Gasteiger partial charge in [0.05, 0.1) is 0 Å². The number of hydrogen-bond acceptors (Lipinski definition) is 1. The second kappa shape index (κ2) is 4.00. The van der Waals surface area contributed by atoms with E-state index in [1.165, 1.54) is 12.1 Å². The minimum atomic E-state index is -0.310. The molecule has 0 heterocycles. The Labute approximate surface area is 95.7 Å². The molecule has 1 aliphatic rings. The molecule has 1 nitrogen and oxygen atoms in total. The molecule has 1 aliphatic carbocycles. The van der Waals surface area contributed by atoms with Crippen molar-refractivity contribution in [2.24, 2.45) is 5.41 Å². The fraction of sp³-hybridized carbons (Fsp3) is 0.500. The maximum Gasteiger partial charge on any atom is 0.169 e. The molecule has 0 atom stereocenters. The van der Waals surface area contributed by atoms with E-state index in [1.807, 2.05) is 13.8 Å². The van der Waals surface area contributed by atoms with E-state index in [4.69, 9.17) is 0 Å². The molecule has 1 aromatic carbocycles. The van der Waals surface area contributed by atoms with Crippen LogP contribution in [0.1, 0.15) is 49.0 Å². The molecule has 1 aromatic rings. The first kappa shape index (κ1) is 11.3. The van der Waals surface area contributed by atoms with Gasteiger partial charge in [-0.2, -0.15) is 0 Å². The second-order valence-corrected chi connectivity index (χ2v) is 4.62. The Balaban J connectivity index is 2.49. The smallest absolute Gasteiger partial charge is 0.169 e. The van der Waals surface area contributed by atoms with Crippen LogP contribution in [0.2, 0.25) is 0 Å². The van der Waals surface area contributed by atoms with E-state index in [-0.39, 0.29) is 17.0 Å². The maximum atomic E-state index is 13.2. The molecule has 0 fully saturated rings. The maximum absolute atomic E-state index is 13.2. The molecule has 0 radical (unpaired) electrons. The molecule has 0 aromatic heterocycles. The van der Waals surface area contributed by atoms with Gasteiger partial charge in [0.1, 0.15) is 5.82 Å². The minimum absolute atomic E-state index is 0.137. The molecular weight excluding hydrogens is 203 g/mol. The number of benzene rings is 1. The van der Waals surface area contributed by atoms with Crippen LogP contribution in [0.4, 0.5) is 4.39 Å². The van der Waals surface area contributed by atoms with Gasteiger partial charge in [0, 0.05) is 11.0 Å². The summed E-state index contributed by atoms with van der Waals surface area (Å²) in [6, 6.07) is 4.59. The summed E-state index contributed by atoms with van der Waals surface area (Å²) in [5.41, 5.74) is 1.36. The van der Waals surface area contributed by atoms with E-state index in [0.29, 0.717) is 5.56 Å². The van der Waals surface area contributed by atoms with Crippen molar-refractivity contribution < 1.29 is 9.18 Å². The highest BCUT2D eigenvalue weighted by Crippen LogP contribution is 2.40. The number of rotatable bonds is 2. The van der Waals surface area contributed by atoms with Crippen LogP contribution in [0.5, 0.6) is 0 Å². The molecule has 0 amide bonds. The third-order valence-corrected chi connectivity index (χ3v) is 4.02. The summed E-state index contributed by atoms with van der Waals surface area (Å²) in [7, 11) is 0. The van der Waals surface area contributed by atoms with Gasteiger partial charge in [-0.3, -0.25) is 4.79 Å². The van der Waals surface area contributed by atoms with E-state index in [2.05, 4.69) is 0 Å². The van der Waals surface area contributed by atoms with E-state index in [9.17, 15) is 9.18 Å². The Hall–Kier alpha value is -1.18. The Morgan fingerprint density at radius 1 is 1.31 bits per heavy atom. The lowest BCUT2D eigenvalue weighted by molar-refractivity contribution is 0.0737. The average molecular weight is 220 g/mol. The highest BCUT2D eigenvalue weighted by molar-refractivity contribution is 6.02. The van der Waals surface area contributed by atoms with Gasteiger partial charge in [0.2, 0.25) is 0 Å². The van der Waals surface area contributed by atoms with Gasteiger partial charge in [-0.1, -0.05) is 19.9 Å². The highest BCUT2D eigenvalue weighted by Gasteiger charge is 2.39. The predicted octanol–water partition coefficient (Wildman–Crippen LogP) is 3.76. The molecule has 0 unspecified atom stereocenters. The van der Waals surface area contributed by atoms with Crippen LogP contribution >= 0.6 is 0 Å². The van der Waals surface area contributed by atoms with Crippen molar-refractivity contribution in [3.63, 3.8) is 0 Å². The van der Waals surface area contributed by atoms with Gasteiger partial charge in [0.25, 0.3) is 0 Å². The SMILES string of the molecule is CCC1(CC)CCc2ccc(F)cc2C1=O. The summed E-state index contributed by atoms with van der Waals surface area (Å²) in [6.07, 6.45) is 3.48. The third kappa shape index (κ3) is 1.57. The molecule has 0 bridgehead atoms. The molecule has 0 N–H and O–H groups in total.